The summed E-state index contributed by atoms with van der Waals surface area (Å²) in [4.78, 5) is 79.4. The number of carbonyl (C=O) groups is 5. The van der Waals surface area contributed by atoms with Crippen LogP contribution in [0.4, 0.5) is 11.9 Å². The van der Waals surface area contributed by atoms with Gasteiger partial charge < -0.3 is 45.4 Å². The van der Waals surface area contributed by atoms with Crippen molar-refractivity contribution in [2.24, 2.45) is 23.1 Å². The van der Waals surface area contributed by atoms with Gasteiger partial charge in [0.25, 0.3) is 11.8 Å². The second-order valence-corrected chi connectivity index (χ2v) is 20.2. The molecule has 1 unspecified atom stereocenters. The number of carbonyl (C=O) groups excluding carboxylic acids is 5. The highest BCUT2D eigenvalue weighted by atomic mass is 16.5. The lowest BCUT2D eigenvalue weighted by atomic mass is 9.95. The minimum atomic E-state index is -0.666. The number of nitrogens with two attached hydrogens (primary N) is 3. The zero-order valence-corrected chi connectivity index (χ0v) is 44.5. The van der Waals surface area contributed by atoms with Crippen LogP contribution in [-0.2, 0) is 44.1 Å². The molecular formula is C53H68N18O6. The molecule has 7 aromatic rings. The highest BCUT2D eigenvalue weighted by Crippen LogP contribution is 2.33. The molecule has 2 aliphatic rings. The van der Waals surface area contributed by atoms with Crippen LogP contribution in [0.15, 0.2) is 54.6 Å². The Kier molecular flexibility index (Phi) is 15.9. The van der Waals surface area contributed by atoms with Gasteiger partial charge in [0.2, 0.25) is 29.6 Å². The predicted molar refractivity (Wildman–Crippen MR) is 288 cm³/mol. The number of allylic oxidation sites excluding steroid dienone is 2. The summed E-state index contributed by atoms with van der Waals surface area (Å²) in [5.41, 5.74) is 22.3. The number of primary amides is 2. The molecule has 1 atom stereocenters. The second-order valence-electron chi connectivity index (χ2n) is 20.2. The van der Waals surface area contributed by atoms with Gasteiger partial charge >= 0.3 is 0 Å². The lowest BCUT2D eigenvalue weighted by Crippen LogP contribution is -2.47. The van der Waals surface area contributed by atoms with Gasteiger partial charge in [0.1, 0.15) is 28.5 Å². The van der Waals surface area contributed by atoms with Crippen LogP contribution in [-0.4, -0.2) is 132 Å². The molecule has 5 aromatic heterocycles. The fourth-order valence-electron chi connectivity index (χ4n) is 10.3. The third-order valence-corrected chi connectivity index (χ3v) is 14.2. The number of anilines is 2. The molecule has 2 aliphatic heterocycles. The van der Waals surface area contributed by atoms with Gasteiger partial charge in [-0.1, -0.05) is 26.0 Å². The summed E-state index contributed by atoms with van der Waals surface area (Å²) >= 11 is 0. The highest BCUT2D eigenvalue weighted by molar-refractivity contribution is 6.05. The van der Waals surface area contributed by atoms with Gasteiger partial charge in [0.05, 0.1) is 47.1 Å². The maximum Gasteiger partial charge on any atom is 0.276 e. The van der Waals surface area contributed by atoms with Gasteiger partial charge in [0.15, 0.2) is 5.82 Å². The monoisotopic (exact) mass is 1050 g/mol. The number of hydrogen-bond acceptors (Lipinski definition) is 14. The molecule has 1 fully saturated rings. The Morgan fingerprint density at radius 1 is 0.766 bits per heavy atom. The first-order chi connectivity index (χ1) is 37.0. The summed E-state index contributed by atoms with van der Waals surface area (Å²) in [6, 6.07) is 11.0. The normalized spacial score (nSPS) is 14.7. The lowest BCUT2D eigenvalue weighted by Gasteiger charge is -2.33. The average molecular weight is 1050 g/mol. The molecule has 9 rings (SSSR count). The van der Waals surface area contributed by atoms with Gasteiger partial charge in [0, 0.05) is 62.9 Å². The van der Waals surface area contributed by atoms with Crippen molar-refractivity contribution in [1.82, 2.24) is 63.2 Å². The summed E-state index contributed by atoms with van der Waals surface area (Å²) in [5, 5.41) is 23.9. The van der Waals surface area contributed by atoms with Gasteiger partial charge in [-0.3, -0.25) is 44.0 Å². The number of aryl methyl sites for hydroxylation is 4. The molecule has 0 spiro atoms. The SMILES string of the molecule is CCn1nc(C)cc1C(=O)Nc1nc2cc(C(N)=O)ccc2n1C/C=C/Cn1c(NC(=O)c2cc(C)nn2CC)nc2cc(C(N)=O)cc(OCCCN3CCC(c4nnc5n4CCN(C(=O)C(N)CC(C)C)C5)CC3)c21. The average Bonchev–Trinajstić information content (AvgIpc) is 4.27. The Bertz CT molecular complexity index is 3390. The second kappa shape index (κ2) is 22.9. The molecule has 5 amide bonds. The number of imidazole rings is 2. The Balaban J connectivity index is 0.924. The largest absolute Gasteiger partial charge is 0.491 e. The number of benzene rings is 2. The summed E-state index contributed by atoms with van der Waals surface area (Å²) in [6.45, 7) is 17.3. The van der Waals surface area contributed by atoms with Crippen molar-refractivity contribution in [3.63, 3.8) is 0 Å². The van der Waals surface area contributed by atoms with E-state index >= 15 is 0 Å². The quantitative estimate of drug-likeness (QED) is 0.0494. The summed E-state index contributed by atoms with van der Waals surface area (Å²) < 4.78 is 15.5. The van der Waals surface area contributed by atoms with Crippen molar-refractivity contribution in [1.29, 1.82) is 0 Å². The minimum Gasteiger partial charge on any atom is -0.491 e. The van der Waals surface area contributed by atoms with Gasteiger partial charge in [-0.2, -0.15) is 10.2 Å². The first kappa shape index (κ1) is 53.6. The summed E-state index contributed by atoms with van der Waals surface area (Å²) in [6.07, 6.45) is 6.91. The van der Waals surface area contributed by atoms with Crippen molar-refractivity contribution < 1.29 is 28.7 Å². The summed E-state index contributed by atoms with van der Waals surface area (Å²) in [7, 11) is 0. The van der Waals surface area contributed by atoms with Gasteiger partial charge in [-0.15, -0.1) is 10.2 Å². The number of hydrogen-bond donors (Lipinski definition) is 5. The van der Waals surface area contributed by atoms with E-state index in [-0.39, 0.29) is 47.9 Å². The molecule has 0 saturated carbocycles. The van der Waals surface area contributed by atoms with Crippen LogP contribution in [0.25, 0.3) is 22.1 Å². The Morgan fingerprint density at radius 3 is 2.00 bits per heavy atom. The van der Waals surface area contributed by atoms with Crippen LogP contribution in [0.5, 0.6) is 5.75 Å². The van der Waals surface area contributed by atoms with Crippen LogP contribution in [0.3, 0.4) is 0 Å². The molecule has 0 bridgehead atoms. The number of piperidine rings is 1. The molecular weight excluding hydrogens is 985 g/mol. The molecule has 0 radical (unpaired) electrons. The van der Waals surface area contributed by atoms with E-state index < -0.39 is 29.7 Å². The van der Waals surface area contributed by atoms with Gasteiger partial charge in [-0.05, 0) is 115 Å². The van der Waals surface area contributed by atoms with E-state index in [9.17, 15) is 24.0 Å². The molecule has 1 saturated heterocycles. The van der Waals surface area contributed by atoms with E-state index in [1.165, 1.54) is 0 Å². The standard InChI is InChI=1S/C53H68N18O6/c1-7-70-41(25-32(5)63-70)49(74)59-52-57-38-27-35(46(55)72)12-13-40(38)67(52)17-9-10-18-69-45-39(58-53(69)60-50(75)42-26-33(6)64-71(42)8-2)28-36(47(56)73)29-43(45)77-23-11-16-65-19-14-34(15-20-65)48-62-61-44-30-66(21-22-68(44)48)51(76)37(54)24-31(3)4/h9-10,12-13,25-29,31,34,37H,7-8,11,14-24,30,54H2,1-6H3,(H2,55,72)(H2,56,73)(H,57,59,74)(H,58,60,75)/b10-9+. The smallest absolute Gasteiger partial charge is 0.276 e. The molecule has 24 nitrogen and oxygen atoms in total. The lowest BCUT2D eigenvalue weighted by molar-refractivity contribution is -0.134. The van der Waals surface area contributed by atoms with Crippen LogP contribution in [0, 0.1) is 19.8 Å². The first-order valence-electron chi connectivity index (χ1n) is 26.3. The molecule has 406 valence electrons. The third-order valence-electron chi connectivity index (χ3n) is 14.2. The van der Waals surface area contributed by atoms with Crippen molar-refractivity contribution in [3.05, 3.63) is 100 Å². The number of nitrogens with one attached hydrogen (secondary N) is 2. The molecule has 8 N–H and O–H groups in total. The molecule has 77 heavy (non-hydrogen) atoms. The van der Waals surface area contributed by atoms with E-state index in [0.717, 1.165) is 44.1 Å². The first-order valence-corrected chi connectivity index (χ1v) is 26.3. The van der Waals surface area contributed by atoms with Crippen LogP contribution < -0.4 is 32.6 Å². The van der Waals surface area contributed by atoms with Crippen LogP contribution >= 0.6 is 0 Å². The Morgan fingerprint density at radius 2 is 1.38 bits per heavy atom. The van der Waals surface area contributed by atoms with E-state index in [2.05, 4.69) is 54.3 Å². The van der Waals surface area contributed by atoms with E-state index in [4.69, 9.17) is 31.9 Å². The molecule has 0 aliphatic carbocycles. The highest BCUT2D eigenvalue weighted by Gasteiger charge is 2.32. The molecule has 24 heteroatoms. The van der Waals surface area contributed by atoms with Gasteiger partial charge in [-0.25, -0.2) is 9.97 Å². The van der Waals surface area contributed by atoms with E-state index in [1.807, 2.05) is 39.8 Å². The van der Waals surface area contributed by atoms with Crippen LogP contribution in [0.2, 0.25) is 0 Å². The number of rotatable bonds is 21. The number of amides is 5. The van der Waals surface area contributed by atoms with Crippen LogP contribution in [0.1, 0.15) is 124 Å². The van der Waals surface area contributed by atoms with E-state index in [1.54, 1.807) is 65.9 Å². The van der Waals surface area contributed by atoms with Crippen molar-refractivity contribution >= 4 is 63.5 Å². The Hall–Kier alpha value is -8.25. The predicted octanol–water partition coefficient (Wildman–Crippen LogP) is 4.35. The number of likely N-dealkylation sites (tertiary alicyclic amines) is 1. The fourth-order valence-corrected chi connectivity index (χ4v) is 10.3. The Labute approximate surface area is 445 Å². The maximum atomic E-state index is 14.0. The number of ether oxygens (including phenoxy) is 1. The van der Waals surface area contributed by atoms with Crippen molar-refractivity contribution in [3.8, 4) is 5.75 Å². The number of fused-ring (bicyclic) bond motifs is 3. The topological polar surface area (TPSA) is 305 Å². The third kappa shape index (κ3) is 11.6. The minimum absolute atomic E-state index is 0.0383. The number of nitrogens with zero attached hydrogens (tertiary/aromatic N) is 13. The van der Waals surface area contributed by atoms with Crippen molar-refractivity contribution in [2.45, 2.75) is 118 Å². The van der Waals surface area contributed by atoms with E-state index in [0.29, 0.717) is 109 Å². The fraction of sp³-hybridized carbons (Fsp3) is 0.453. The molecule has 2 aromatic carbocycles. The number of aromatic nitrogens is 11. The zero-order valence-electron chi connectivity index (χ0n) is 44.5. The van der Waals surface area contributed by atoms with Crippen molar-refractivity contribution in [2.75, 3.05) is 43.4 Å². The maximum absolute atomic E-state index is 14.0. The summed E-state index contributed by atoms with van der Waals surface area (Å²) in [5.74, 6) is 0.989. The zero-order chi connectivity index (χ0) is 54.7. The molecule has 7 heterocycles.